The van der Waals surface area contributed by atoms with E-state index >= 15 is 0 Å². The molecule has 2 heterocycles. The molecule has 1 aromatic heterocycles. The second-order valence-corrected chi connectivity index (χ2v) is 11.8. The molecular formula is C36H43N3O4. The third-order valence-corrected chi connectivity index (χ3v) is 8.33. The van der Waals surface area contributed by atoms with Gasteiger partial charge >= 0.3 is 5.97 Å². The number of rotatable bonds is 10. The molecule has 1 aliphatic heterocycles. The van der Waals surface area contributed by atoms with E-state index in [4.69, 9.17) is 9.15 Å². The number of nitrogens with zero attached hydrogens (tertiary/aromatic N) is 2. The van der Waals surface area contributed by atoms with E-state index in [0.29, 0.717) is 40.2 Å². The van der Waals surface area contributed by atoms with Gasteiger partial charge in [-0.2, -0.15) is 0 Å². The Morgan fingerprint density at radius 2 is 1.74 bits per heavy atom. The van der Waals surface area contributed by atoms with Crippen molar-refractivity contribution in [2.75, 3.05) is 45.2 Å². The maximum absolute atomic E-state index is 13.7. The summed E-state index contributed by atoms with van der Waals surface area (Å²) in [5, 5.41) is 4.05. The molecule has 0 spiro atoms. The van der Waals surface area contributed by atoms with E-state index < -0.39 is 0 Å². The lowest BCUT2D eigenvalue weighted by molar-refractivity contribution is 0.0501. The van der Waals surface area contributed by atoms with Gasteiger partial charge in [0.05, 0.1) is 23.6 Å². The largest absolute Gasteiger partial charge is 0.462 e. The Bertz CT molecular complexity index is 1640. The van der Waals surface area contributed by atoms with Crippen molar-refractivity contribution in [2.45, 2.75) is 53.1 Å². The van der Waals surface area contributed by atoms with Gasteiger partial charge in [-0.05, 0) is 63.6 Å². The first-order valence-corrected chi connectivity index (χ1v) is 15.4. The number of hydrogen-bond donors (Lipinski definition) is 1. The molecule has 0 aliphatic carbocycles. The third kappa shape index (κ3) is 7.00. The van der Waals surface area contributed by atoms with Crippen LogP contribution in [0.2, 0.25) is 0 Å². The Labute approximate surface area is 254 Å². The van der Waals surface area contributed by atoms with Gasteiger partial charge in [-0.25, -0.2) is 4.79 Å². The van der Waals surface area contributed by atoms with Crippen molar-refractivity contribution < 1.29 is 13.9 Å². The second-order valence-electron chi connectivity index (χ2n) is 11.8. The monoisotopic (exact) mass is 581 g/mol. The molecule has 0 bridgehead atoms. The Kier molecular flexibility index (Phi) is 9.63. The van der Waals surface area contributed by atoms with E-state index in [1.165, 1.54) is 5.56 Å². The van der Waals surface area contributed by atoms with Crippen molar-refractivity contribution in [1.82, 2.24) is 9.80 Å². The van der Waals surface area contributed by atoms with E-state index in [-0.39, 0.29) is 17.4 Å². The molecule has 1 aliphatic rings. The number of esters is 1. The Morgan fingerprint density at radius 3 is 2.47 bits per heavy atom. The lowest BCUT2D eigenvalue weighted by Gasteiger charge is -2.32. The molecule has 0 saturated carbocycles. The average Bonchev–Trinajstić information content (AvgIpc) is 3.01. The Hall–Kier alpha value is -3.94. The van der Waals surface area contributed by atoms with E-state index in [0.717, 1.165) is 62.3 Å². The van der Waals surface area contributed by atoms with Gasteiger partial charge in [-0.15, -0.1) is 0 Å². The van der Waals surface area contributed by atoms with Crippen LogP contribution in [0.1, 0.15) is 65.3 Å². The van der Waals surface area contributed by atoms with Crippen LogP contribution in [-0.2, 0) is 11.3 Å². The van der Waals surface area contributed by atoms with Gasteiger partial charge in [0.1, 0.15) is 11.3 Å². The number of fused-ring (bicyclic) bond motifs is 1. The van der Waals surface area contributed by atoms with Crippen LogP contribution >= 0.6 is 0 Å². The van der Waals surface area contributed by atoms with E-state index in [1.807, 2.05) is 51.1 Å². The third-order valence-electron chi connectivity index (χ3n) is 8.33. The molecule has 1 atom stereocenters. The quantitative estimate of drug-likeness (QED) is 0.160. The molecule has 1 N–H and O–H groups in total. The van der Waals surface area contributed by atoms with Gasteiger partial charge in [0.2, 0.25) is 0 Å². The Morgan fingerprint density at radius 1 is 1.02 bits per heavy atom. The van der Waals surface area contributed by atoms with Crippen LogP contribution in [-0.4, -0.2) is 55.6 Å². The number of benzene rings is 3. The SMILES string of the molecule is CCCCOC(=O)c1ccccc1N[C@H](C)c1cc(C)cc2c(=O)c(C)c(-c3ccc(CN4CCN(C)CC4)cc3)oc12. The summed E-state index contributed by atoms with van der Waals surface area (Å²) >= 11 is 0. The van der Waals surface area contributed by atoms with Gasteiger partial charge in [0.25, 0.3) is 0 Å². The Balaban J connectivity index is 1.45. The molecule has 7 nitrogen and oxygen atoms in total. The van der Waals surface area contributed by atoms with Crippen molar-refractivity contribution in [3.05, 3.63) is 98.7 Å². The smallest absolute Gasteiger partial charge is 0.340 e. The highest BCUT2D eigenvalue weighted by molar-refractivity contribution is 5.96. The topological polar surface area (TPSA) is 75.0 Å². The van der Waals surface area contributed by atoms with Crippen molar-refractivity contribution in [3.63, 3.8) is 0 Å². The molecule has 0 unspecified atom stereocenters. The van der Waals surface area contributed by atoms with Crippen molar-refractivity contribution in [3.8, 4) is 11.3 Å². The molecule has 3 aromatic carbocycles. The molecule has 43 heavy (non-hydrogen) atoms. The summed E-state index contributed by atoms with van der Waals surface area (Å²) in [5.74, 6) is 0.235. The molecule has 0 radical (unpaired) electrons. The zero-order chi connectivity index (χ0) is 30.5. The number of likely N-dealkylation sites (N-methyl/N-ethyl adjacent to an activating group) is 1. The standard InChI is InChI=1S/C36H43N3O4/c1-6-7-20-42-36(41)29-10-8-9-11-32(29)37-26(4)30-21-24(2)22-31-33(40)25(3)34(43-35(30)31)28-14-12-27(13-15-28)23-39-18-16-38(5)17-19-39/h8-15,21-22,26,37H,6-7,16-20,23H2,1-5H3/t26-/m1/s1. The number of nitrogens with one attached hydrogen (secondary N) is 1. The summed E-state index contributed by atoms with van der Waals surface area (Å²) in [7, 11) is 2.17. The predicted octanol–water partition coefficient (Wildman–Crippen LogP) is 6.95. The van der Waals surface area contributed by atoms with Crippen molar-refractivity contribution in [1.29, 1.82) is 0 Å². The van der Waals surface area contributed by atoms with Crippen LogP contribution in [0.3, 0.4) is 0 Å². The zero-order valence-electron chi connectivity index (χ0n) is 26.0. The zero-order valence-corrected chi connectivity index (χ0v) is 26.0. The minimum Gasteiger partial charge on any atom is -0.462 e. The summed E-state index contributed by atoms with van der Waals surface area (Å²) in [5.41, 5.74) is 6.23. The number of ether oxygens (including phenoxy) is 1. The van der Waals surface area contributed by atoms with Crippen LogP contribution in [0.15, 0.2) is 69.9 Å². The lowest BCUT2D eigenvalue weighted by atomic mass is 9.98. The van der Waals surface area contributed by atoms with E-state index in [9.17, 15) is 9.59 Å². The number of carbonyl (C=O) groups excluding carboxylic acids is 1. The van der Waals surface area contributed by atoms with Crippen LogP contribution in [0.25, 0.3) is 22.3 Å². The van der Waals surface area contributed by atoms with Gasteiger partial charge in [0.15, 0.2) is 5.43 Å². The van der Waals surface area contributed by atoms with Crippen LogP contribution in [0, 0.1) is 13.8 Å². The molecule has 226 valence electrons. The van der Waals surface area contributed by atoms with Gasteiger partial charge in [-0.1, -0.05) is 55.8 Å². The van der Waals surface area contributed by atoms with Crippen LogP contribution < -0.4 is 10.7 Å². The number of hydrogen-bond acceptors (Lipinski definition) is 7. The van der Waals surface area contributed by atoms with Gasteiger partial charge < -0.3 is 19.4 Å². The fraction of sp³-hybridized carbons (Fsp3) is 0.389. The predicted molar refractivity (Wildman–Crippen MR) is 174 cm³/mol. The first kappa shape index (κ1) is 30.5. The highest BCUT2D eigenvalue weighted by atomic mass is 16.5. The first-order valence-electron chi connectivity index (χ1n) is 15.4. The molecule has 4 aromatic rings. The lowest BCUT2D eigenvalue weighted by Crippen LogP contribution is -2.43. The summed E-state index contributed by atoms with van der Waals surface area (Å²) in [4.78, 5) is 31.3. The van der Waals surface area contributed by atoms with E-state index in [1.54, 1.807) is 6.07 Å². The number of piperazine rings is 1. The summed E-state index contributed by atoms with van der Waals surface area (Å²) < 4.78 is 12.1. The summed E-state index contributed by atoms with van der Waals surface area (Å²) in [6.07, 6.45) is 1.78. The number of aryl methyl sites for hydroxylation is 1. The molecule has 7 heteroatoms. The summed E-state index contributed by atoms with van der Waals surface area (Å²) in [6, 6.07) is 19.4. The van der Waals surface area contributed by atoms with Crippen molar-refractivity contribution in [2.24, 2.45) is 0 Å². The van der Waals surface area contributed by atoms with E-state index in [2.05, 4.69) is 53.4 Å². The summed E-state index contributed by atoms with van der Waals surface area (Å²) in [6.45, 7) is 13.5. The molecule has 0 amide bonds. The molecule has 1 saturated heterocycles. The average molecular weight is 582 g/mol. The maximum atomic E-state index is 13.7. The molecular weight excluding hydrogens is 538 g/mol. The minimum absolute atomic E-state index is 0.0326. The number of anilines is 1. The van der Waals surface area contributed by atoms with Crippen LogP contribution in [0.5, 0.6) is 0 Å². The minimum atomic E-state index is -0.349. The fourth-order valence-electron chi connectivity index (χ4n) is 5.68. The molecule has 1 fully saturated rings. The maximum Gasteiger partial charge on any atom is 0.340 e. The van der Waals surface area contributed by atoms with Crippen molar-refractivity contribution >= 4 is 22.6 Å². The highest BCUT2D eigenvalue weighted by Gasteiger charge is 2.21. The van der Waals surface area contributed by atoms with Crippen LogP contribution in [0.4, 0.5) is 5.69 Å². The number of carbonyl (C=O) groups is 1. The normalized spacial score (nSPS) is 15.0. The first-order chi connectivity index (χ1) is 20.7. The number of para-hydroxylation sites is 1. The highest BCUT2D eigenvalue weighted by Crippen LogP contribution is 2.33. The van der Waals surface area contributed by atoms with Gasteiger partial charge in [0, 0.05) is 55.1 Å². The fourth-order valence-corrected chi connectivity index (χ4v) is 5.68. The molecule has 5 rings (SSSR count). The number of unbranched alkanes of at least 4 members (excludes halogenated alkanes) is 1. The second kappa shape index (κ2) is 13.6. The van der Waals surface area contributed by atoms with Gasteiger partial charge in [-0.3, -0.25) is 9.69 Å².